The Morgan fingerprint density at radius 3 is 2.74 bits per heavy atom. The van der Waals surface area contributed by atoms with Crippen LogP contribution in [0.25, 0.3) is 5.82 Å². The van der Waals surface area contributed by atoms with Gasteiger partial charge in [-0.15, -0.1) is 0 Å². The van der Waals surface area contributed by atoms with Crippen molar-refractivity contribution in [2.24, 2.45) is 0 Å². The van der Waals surface area contributed by atoms with E-state index < -0.39 is 0 Å². The molecular formula is C20H16N4O3. The molecule has 0 saturated heterocycles. The summed E-state index contributed by atoms with van der Waals surface area (Å²) >= 11 is 0. The van der Waals surface area contributed by atoms with Crippen LogP contribution in [0.15, 0.2) is 83.9 Å². The van der Waals surface area contributed by atoms with Crippen molar-refractivity contribution in [1.29, 1.82) is 0 Å². The Hall–Kier alpha value is -3.87. The highest BCUT2D eigenvalue weighted by Gasteiger charge is 2.16. The molecule has 1 amide bonds. The number of ether oxygens (including phenoxy) is 1. The van der Waals surface area contributed by atoms with E-state index in [-0.39, 0.29) is 18.3 Å². The minimum Gasteiger partial charge on any atom is -0.489 e. The van der Waals surface area contributed by atoms with Gasteiger partial charge in [0, 0.05) is 18.0 Å². The third-order valence-electron chi connectivity index (χ3n) is 3.84. The third kappa shape index (κ3) is 3.87. The zero-order valence-corrected chi connectivity index (χ0v) is 14.3. The van der Waals surface area contributed by atoms with Gasteiger partial charge in [-0.25, -0.2) is 9.67 Å². The predicted octanol–water partition coefficient (Wildman–Crippen LogP) is 3.69. The Morgan fingerprint density at radius 2 is 2.00 bits per heavy atom. The fourth-order valence-electron chi connectivity index (χ4n) is 2.51. The summed E-state index contributed by atoms with van der Waals surface area (Å²) in [6.07, 6.45) is 6.51. The van der Waals surface area contributed by atoms with Crippen molar-refractivity contribution in [1.82, 2.24) is 14.8 Å². The first-order valence-electron chi connectivity index (χ1n) is 8.31. The van der Waals surface area contributed by atoms with Crippen LogP contribution in [0.3, 0.4) is 0 Å². The number of pyridine rings is 1. The van der Waals surface area contributed by atoms with Gasteiger partial charge in [0.2, 0.25) is 0 Å². The second-order valence-corrected chi connectivity index (χ2v) is 5.69. The molecule has 0 aliphatic carbocycles. The Labute approximate surface area is 155 Å². The fraction of sp³-hybridized carbons (Fsp3) is 0.0500. The summed E-state index contributed by atoms with van der Waals surface area (Å²) in [6.45, 7) is 0.236. The van der Waals surface area contributed by atoms with Gasteiger partial charge in [0.15, 0.2) is 11.6 Å². The number of anilines is 1. The molecule has 7 nitrogen and oxygen atoms in total. The fourth-order valence-corrected chi connectivity index (χ4v) is 2.51. The van der Waals surface area contributed by atoms with Gasteiger partial charge in [-0.3, -0.25) is 4.79 Å². The van der Waals surface area contributed by atoms with Gasteiger partial charge in [0.1, 0.15) is 12.4 Å². The molecule has 0 atom stereocenters. The summed E-state index contributed by atoms with van der Waals surface area (Å²) in [5.41, 5.74) is 1.22. The normalized spacial score (nSPS) is 10.5. The van der Waals surface area contributed by atoms with E-state index in [0.29, 0.717) is 17.1 Å². The molecule has 4 rings (SSSR count). The summed E-state index contributed by atoms with van der Waals surface area (Å²) < 4.78 is 12.7. The SMILES string of the molecule is O=C(Nc1ccc(-n2cccn2)nc1)c1occc1COc1ccccc1. The first-order valence-corrected chi connectivity index (χ1v) is 8.31. The lowest BCUT2D eigenvalue weighted by Crippen LogP contribution is -2.14. The summed E-state index contributed by atoms with van der Waals surface area (Å²) in [4.78, 5) is 16.8. The largest absolute Gasteiger partial charge is 0.489 e. The van der Waals surface area contributed by atoms with Gasteiger partial charge in [-0.2, -0.15) is 5.10 Å². The lowest BCUT2D eigenvalue weighted by Gasteiger charge is -2.07. The van der Waals surface area contributed by atoms with Crippen LogP contribution in [0.2, 0.25) is 0 Å². The molecule has 3 heterocycles. The lowest BCUT2D eigenvalue weighted by molar-refractivity contribution is 0.0993. The number of nitrogens with one attached hydrogen (secondary N) is 1. The van der Waals surface area contributed by atoms with Gasteiger partial charge in [0.05, 0.1) is 18.1 Å². The van der Waals surface area contributed by atoms with Gasteiger partial charge < -0.3 is 14.5 Å². The van der Waals surface area contributed by atoms with Crippen LogP contribution in [-0.4, -0.2) is 20.7 Å². The summed E-state index contributed by atoms with van der Waals surface area (Å²) in [5.74, 6) is 1.24. The van der Waals surface area contributed by atoms with Crippen molar-refractivity contribution in [3.8, 4) is 11.6 Å². The maximum atomic E-state index is 12.5. The average molecular weight is 360 g/mol. The predicted molar refractivity (Wildman–Crippen MR) is 98.8 cm³/mol. The van der Waals surface area contributed by atoms with Crippen molar-refractivity contribution in [3.05, 3.63) is 90.8 Å². The molecule has 0 fully saturated rings. The number of aromatic nitrogens is 3. The van der Waals surface area contributed by atoms with Crippen molar-refractivity contribution in [2.75, 3.05) is 5.32 Å². The molecule has 0 saturated carbocycles. The van der Waals surface area contributed by atoms with Crippen LogP contribution in [0, 0.1) is 0 Å². The van der Waals surface area contributed by atoms with E-state index in [9.17, 15) is 4.79 Å². The molecule has 0 spiro atoms. The quantitative estimate of drug-likeness (QED) is 0.567. The van der Waals surface area contributed by atoms with Crippen LogP contribution < -0.4 is 10.1 Å². The Bertz CT molecular complexity index is 1010. The highest BCUT2D eigenvalue weighted by Crippen LogP contribution is 2.17. The molecule has 7 heteroatoms. The number of hydrogen-bond donors (Lipinski definition) is 1. The van der Waals surface area contributed by atoms with Crippen LogP contribution in [0.5, 0.6) is 5.75 Å². The van der Waals surface area contributed by atoms with Crippen LogP contribution >= 0.6 is 0 Å². The summed E-state index contributed by atoms with van der Waals surface area (Å²) in [7, 11) is 0. The number of para-hydroxylation sites is 1. The first kappa shape index (κ1) is 16.6. The Balaban J connectivity index is 1.42. The highest BCUT2D eigenvalue weighted by atomic mass is 16.5. The van der Waals surface area contributed by atoms with E-state index in [1.807, 2.05) is 36.4 Å². The minimum atomic E-state index is -0.361. The second kappa shape index (κ2) is 7.57. The van der Waals surface area contributed by atoms with E-state index >= 15 is 0 Å². The molecule has 1 aromatic carbocycles. The Kier molecular flexibility index (Phi) is 4.65. The number of benzene rings is 1. The van der Waals surface area contributed by atoms with E-state index in [4.69, 9.17) is 9.15 Å². The third-order valence-corrected chi connectivity index (χ3v) is 3.84. The van der Waals surface area contributed by atoms with Crippen LogP contribution in [0.4, 0.5) is 5.69 Å². The van der Waals surface area contributed by atoms with Crippen molar-refractivity contribution >= 4 is 11.6 Å². The van der Waals surface area contributed by atoms with Crippen molar-refractivity contribution in [2.45, 2.75) is 6.61 Å². The maximum absolute atomic E-state index is 12.5. The molecule has 4 aromatic rings. The van der Waals surface area contributed by atoms with E-state index in [0.717, 1.165) is 5.75 Å². The van der Waals surface area contributed by atoms with E-state index in [1.165, 1.54) is 6.26 Å². The van der Waals surface area contributed by atoms with E-state index in [2.05, 4.69) is 15.4 Å². The topological polar surface area (TPSA) is 82.2 Å². The zero-order valence-electron chi connectivity index (χ0n) is 14.3. The molecule has 0 unspecified atom stereocenters. The number of carbonyl (C=O) groups is 1. The van der Waals surface area contributed by atoms with Gasteiger partial charge in [0.25, 0.3) is 5.91 Å². The summed E-state index contributed by atoms with van der Waals surface area (Å²) in [5, 5.41) is 6.89. The standard InChI is InChI=1S/C20H16N4O3/c25-20(23-16-7-8-18(21-13-16)24-11-4-10-22-24)19-15(9-12-26-19)14-27-17-5-2-1-3-6-17/h1-13H,14H2,(H,23,25). The van der Waals surface area contributed by atoms with Gasteiger partial charge >= 0.3 is 0 Å². The van der Waals surface area contributed by atoms with Crippen LogP contribution in [0.1, 0.15) is 16.1 Å². The number of amides is 1. The minimum absolute atomic E-state index is 0.210. The van der Waals surface area contributed by atoms with Gasteiger partial charge in [-0.1, -0.05) is 18.2 Å². The number of rotatable bonds is 6. The molecule has 134 valence electrons. The molecule has 27 heavy (non-hydrogen) atoms. The number of carbonyl (C=O) groups excluding carboxylic acids is 1. The molecule has 0 aliphatic heterocycles. The smallest absolute Gasteiger partial charge is 0.291 e. The average Bonchev–Trinajstić information content (AvgIpc) is 3.40. The summed E-state index contributed by atoms with van der Waals surface area (Å²) in [6, 6.07) is 16.4. The molecule has 1 N–H and O–H groups in total. The Morgan fingerprint density at radius 1 is 1.11 bits per heavy atom. The van der Waals surface area contributed by atoms with Crippen molar-refractivity contribution in [3.63, 3.8) is 0 Å². The number of furan rings is 1. The second-order valence-electron chi connectivity index (χ2n) is 5.69. The molecule has 0 radical (unpaired) electrons. The lowest BCUT2D eigenvalue weighted by atomic mass is 10.2. The number of nitrogens with zero attached hydrogens (tertiary/aromatic N) is 3. The molecule has 0 bridgehead atoms. The maximum Gasteiger partial charge on any atom is 0.291 e. The van der Waals surface area contributed by atoms with Crippen LogP contribution in [-0.2, 0) is 6.61 Å². The molecule has 0 aliphatic rings. The van der Waals surface area contributed by atoms with Crippen molar-refractivity contribution < 1.29 is 13.9 Å². The first-order chi connectivity index (χ1) is 13.3. The highest BCUT2D eigenvalue weighted by molar-refractivity contribution is 6.03. The molecule has 3 aromatic heterocycles. The van der Waals surface area contributed by atoms with E-state index in [1.54, 1.807) is 41.5 Å². The van der Waals surface area contributed by atoms with Gasteiger partial charge in [-0.05, 0) is 36.4 Å². The zero-order chi connectivity index (χ0) is 18.5. The molecular weight excluding hydrogens is 344 g/mol. The number of hydrogen-bond acceptors (Lipinski definition) is 5. The monoisotopic (exact) mass is 360 g/mol.